The number of amides is 1. The van der Waals surface area contributed by atoms with Gasteiger partial charge in [-0.05, 0) is 30.7 Å². The minimum absolute atomic E-state index is 0.0687. The Morgan fingerprint density at radius 1 is 1.33 bits per heavy atom. The first-order chi connectivity index (χ1) is 11.2. The molecule has 1 aliphatic carbocycles. The maximum absolute atomic E-state index is 14.1. The van der Waals surface area contributed by atoms with Crippen molar-refractivity contribution in [2.45, 2.75) is 32.6 Å². The Morgan fingerprint density at radius 2 is 1.96 bits per heavy atom. The molecule has 1 amide bonds. The van der Waals surface area contributed by atoms with Gasteiger partial charge in [-0.1, -0.05) is 31.4 Å². The Kier molecular flexibility index (Phi) is 6.09. The summed E-state index contributed by atoms with van der Waals surface area (Å²) in [4.78, 5) is 11.8. The fraction of sp³-hybridized carbons (Fsp3) is 0.562. The summed E-state index contributed by atoms with van der Waals surface area (Å²) in [7, 11) is -3.78. The summed E-state index contributed by atoms with van der Waals surface area (Å²) in [5.41, 5.74) is -0.440. The summed E-state index contributed by atoms with van der Waals surface area (Å²) in [6, 6.07) is 2.10. The zero-order valence-corrected chi connectivity index (χ0v) is 15.2. The van der Waals surface area contributed by atoms with Crippen LogP contribution in [0.15, 0.2) is 12.1 Å². The molecule has 0 saturated heterocycles. The van der Waals surface area contributed by atoms with E-state index in [0.29, 0.717) is 12.5 Å². The highest BCUT2D eigenvalue weighted by molar-refractivity contribution is 7.89. The fourth-order valence-electron chi connectivity index (χ4n) is 2.74. The highest BCUT2D eigenvalue weighted by Gasteiger charge is 2.21. The summed E-state index contributed by atoms with van der Waals surface area (Å²) in [6.45, 7) is 2.67. The maximum Gasteiger partial charge on any atom is 0.267 e. The molecule has 0 spiro atoms. The number of sulfonamides is 1. The molecule has 0 radical (unpaired) electrons. The number of hydrogen-bond acceptors (Lipinski definition) is 4. The van der Waals surface area contributed by atoms with Gasteiger partial charge in [0.25, 0.3) is 5.91 Å². The van der Waals surface area contributed by atoms with Crippen molar-refractivity contribution in [1.82, 2.24) is 4.72 Å². The third-order valence-electron chi connectivity index (χ3n) is 4.15. The van der Waals surface area contributed by atoms with E-state index in [2.05, 4.69) is 6.92 Å². The molecule has 0 atom stereocenters. The van der Waals surface area contributed by atoms with Crippen LogP contribution < -0.4 is 9.46 Å². The lowest BCUT2D eigenvalue weighted by Gasteiger charge is -2.26. The minimum atomic E-state index is -3.78. The molecule has 2 rings (SSSR count). The standard InChI is InChI=1S/C16H21ClFNO4S/c1-10-3-5-11(6-4-10)9-23-15-8-14(18)12(7-13(15)17)16(20)19-24(2,21)22/h7-8,10-11H,3-6,9H2,1-2H3,(H,19,20)/t10-,11-. The van der Waals surface area contributed by atoms with Crippen LogP contribution in [-0.4, -0.2) is 27.2 Å². The van der Waals surface area contributed by atoms with Crippen LogP contribution in [0, 0.1) is 17.7 Å². The van der Waals surface area contributed by atoms with E-state index in [1.54, 1.807) is 4.72 Å². The molecule has 0 aliphatic heterocycles. The van der Waals surface area contributed by atoms with Crippen molar-refractivity contribution in [2.75, 3.05) is 12.9 Å². The molecule has 0 bridgehead atoms. The Hall–Kier alpha value is -1.34. The molecule has 0 heterocycles. The summed E-state index contributed by atoms with van der Waals surface area (Å²) in [5.74, 6) is -0.648. The van der Waals surface area contributed by atoms with Crippen molar-refractivity contribution in [3.8, 4) is 5.75 Å². The van der Waals surface area contributed by atoms with Crippen LogP contribution in [0.4, 0.5) is 4.39 Å². The van der Waals surface area contributed by atoms with Crippen molar-refractivity contribution in [3.63, 3.8) is 0 Å². The number of ether oxygens (including phenoxy) is 1. The predicted molar refractivity (Wildman–Crippen MR) is 90.3 cm³/mol. The van der Waals surface area contributed by atoms with Gasteiger partial charge in [-0.2, -0.15) is 0 Å². The predicted octanol–water partition coefficient (Wildman–Crippen LogP) is 3.37. The third-order valence-corrected chi connectivity index (χ3v) is 5.01. The van der Waals surface area contributed by atoms with E-state index in [0.717, 1.165) is 50.0 Å². The van der Waals surface area contributed by atoms with Crippen LogP contribution in [0.1, 0.15) is 43.0 Å². The van der Waals surface area contributed by atoms with Crippen molar-refractivity contribution in [3.05, 3.63) is 28.5 Å². The zero-order valence-electron chi connectivity index (χ0n) is 13.6. The molecule has 134 valence electrons. The Balaban J connectivity index is 2.05. The van der Waals surface area contributed by atoms with E-state index in [-0.39, 0.29) is 10.8 Å². The number of hydrogen-bond donors (Lipinski definition) is 1. The second-order valence-corrected chi connectivity index (χ2v) is 8.56. The summed E-state index contributed by atoms with van der Waals surface area (Å²) in [5, 5.41) is 0.0687. The first-order valence-electron chi connectivity index (χ1n) is 7.79. The lowest BCUT2D eigenvalue weighted by atomic mass is 9.83. The Bertz CT molecular complexity index is 715. The number of carbonyl (C=O) groups excluding carboxylic acids is 1. The van der Waals surface area contributed by atoms with Crippen LogP contribution in [-0.2, 0) is 10.0 Å². The molecule has 1 fully saturated rings. The highest BCUT2D eigenvalue weighted by Crippen LogP contribution is 2.31. The van der Waals surface area contributed by atoms with Gasteiger partial charge >= 0.3 is 0 Å². The Morgan fingerprint density at radius 3 is 2.54 bits per heavy atom. The number of rotatable bonds is 5. The molecule has 5 nitrogen and oxygen atoms in total. The van der Waals surface area contributed by atoms with Gasteiger partial charge in [0, 0.05) is 6.07 Å². The van der Waals surface area contributed by atoms with E-state index >= 15 is 0 Å². The lowest BCUT2D eigenvalue weighted by Crippen LogP contribution is -2.30. The van der Waals surface area contributed by atoms with Crippen molar-refractivity contribution < 1.29 is 22.3 Å². The molecule has 0 unspecified atom stereocenters. The van der Waals surface area contributed by atoms with Crippen LogP contribution in [0.5, 0.6) is 5.75 Å². The number of nitrogens with one attached hydrogen (secondary N) is 1. The van der Waals surface area contributed by atoms with Crippen LogP contribution >= 0.6 is 11.6 Å². The van der Waals surface area contributed by atoms with E-state index in [9.17, 15) is 17.6 Å². The average molecular weight is 378 g/mol. The smallest absolute Gasteiger partial charge is 0.267 e. The summed E-state index contributed by atoms with van der Waals surface area (Å²) in [6.07, 6.45) is 5.25. The largest absolute Gasteiger partial charge is 0.492 e. The van der Waals surface area contributed by atoms with Gasteiger partial charge in [-0.3, -0.25) is 4.79 Å². The van der Waals surface area contributed by atoms with Crippen molar-refractivity contribution in [1.29, 1.82) is 0 Å². The quantitative estimate of drug-likeness (QED) is 0.853. The molecule has 8 heteroatoms. The monoisotopic (exact) mass is 377 g/mol. The van der Waals surface area contributed by atoms with Gasteiger partial charge in [-0.15, -0.1) is 0 Å². The normalized spacial score (nSPS) is 21.3. The highest BCUT2D eigenvalue weighted by atomic mass is 35.5. The topological polar surface area (TPSA) is 72.5 Å². The first kappa shape index (κ1) is 19.0. The summed E-state index contributed by atoms with van der Waals surface area (Å²) >= 11 is 6.04. The van der Waals surface area contributed by atoms with Crippen LogP contribution in [0.3, 0.4) is 0 Å². The van der Waals surface area contributed by atoms with E-state index < -0.39 is 27.3 Å². The zero-order chi connectivity index (χ0) is 17.9. The van der Waals surface area contributed by atoms with E-state index in [1.807, 2.05) is 0 Å². The molecule has 1 saturated carbocycles. The first-order valence-corrected chi connectivity index (χ1v) is 10.1. The molecule has 1 N–H and O–H groups in total. The van der Waals surface area contributed by atoms with Crippen molar-refractivity contribution in [2.24, 2.45) is 11.8 Å². The van der Waals surface area contributed by atoms with E-state index in [4.69, 9.17) is 16.3 Å². The molecular formula is C16H21ClFNO4S. The Labute approximate surface area is 146 Å². The van der Waals surface area contributed by atoms with Gasteiger partial charge in [0.05, 0.1) is 23.4 Å². The number of halogens is 2. The van der Waals surface area contributed by atoms with Gasteiger partial charge in [0.15, 0.2) is 0 Å². The molecule has 1 aromatic carbocycles. The van der Waals surface area contributed by atoms with Gasteiger partial charge in [0.2, 0.25) is 10.0 Å². The molecule has 0 aromatic heterocycles. The summed E-state index contributed by atoms with van der Waals surface area (Å²) < 4.78 is 43.5. The second-order valence-electron chi connectivity index (χ2n) is 6.40. The second kappa shape index (κ2) is 7.70. The van der Waals surface area contributed by atoms with Crippen LogP contribution in [0.2, 0.25) is 5.02 Å². The number of benzene rings is 1. The van der Waals surface area contributed by atoms with E-state index in [1.165, 1.54) is 0 Å². The van der Waals surface area contributed by atoms with Crippen molar-refractivity contribution >= 4 is 27.5 Å². The fourth-order valence-corrected chi connectivity index (χ4v) is 3.40. The SMILES string of the molecule is CS(=O)(=O)NC(=O)c1cc(Cl)c(OC[C@H]2CC[C@H](C)CC2)cc1F. The molecule has 1 aliphatic rings. The van der Waals surface area contributed by atoms with Gasteiger partial charge in [-0.25, -0.2) is 17.5 Å². The third kappa shape index (κ3) is 5.34. The average Bonchev–Trinajstić information content (AvgIpc) is 2.47. The minimum Gasteiger partial charge on any atom is -0.492 e. The molecular weight excluding hydrogens is 357 g/mol. The lowest BCUT2D eigenvalue weighted by molar-refractivity contribution is 0.0977. The molecule has 24 heavy (non-hydrogen) atoms. The maximum atomic E-state index is 14.1. The molecule has 1 aromatic rings. The van der Waals surface area contributed by atoms with Crippen LogP contribution in [0.25, 0.3) is 0 Å². The number of carbonyl (C=O) groups is 1. The van der Waals surface area contributed by atoms with Gasteiger partial charge in [0.1, 0.15) is 11.6 Å². The van der Waals surface area contributed by atoms with Gasteiger partial charge < -0.3 is 4.74 Å².